The Labute approximate surface area is 180 Å². The van der Waals surface area contributed by atoms with Gasteiger partial charge in [0.1, 0.15) is 5.00 Å². The van der Waals surface area contributed by atoms with Crippen LogP contribution in [-0.2, 0) is 14.9 Å². The molecule has 1 aliphatic rings. The normalized spacial score (nSPS) is 18.0. The highest BCUT2D eigenvalue weighted by Gasteiger charge is 2.44. The first-order valence-corrected chi connectivity index (χ1v) is 10.9. The Morgan fingerprint density at radius 1 is 1.20 bits per heavy atom. The minimum absolute atomic E-state index is 0.0809. The Bertz CT molecular complexity index is 986. The number of amides is 2. The van der Waals surface area contributed by atoms with Crippen LogP contribution >= 0.6 is 11.3 Å². The molecule has 6 nitrogen and oxygen atoms in total. The topological polar surface area (TPSA) is 98.5 Å². The highest BCUT2D eigenvalue weighted by molar-refractivity contribution is 7.18. The number of carbonyl (C=O) groups excluding carboxylic acids is 3. The van der Waals surface area contributed by atoms with Gasteiger partial charge in [0.25, 0.3) is 5.91 Å². The maximum absolute atomic E-state index is 12.8. The van der Waals surface area contributed by atoms with E-state index in [9.17, 15) is 14.4 Å². The van der Waals surface area contributed by atoms with Crippen molar-refractivity contribution in [1.82, 2.24) is 0 Å². The van der Waals surface area contributed by atoms with Gasteiger partial charge in [0.2, 0.25) is 5.91 Å². The number of rotatable bonds is 6. The summed E-state index contributed by atoms with van der Waals surface area (Å²) in [5.41, 5.74) is 8.53. The van der Waals surface area contributed by atoms with Crippen LogP contribution in [0.25, 0.3) is 0 Å². The van der Waals surface area contributed by atoms with Crippen molar-refractivity contribution in [3.63, 3.8) is 0 Å². The number of benzene rings is 1. The summed E-state index contributed by atoms with van der Waals surface area (Å²) in [5, 5.41) is 3.15. The Kier molecular flexibility index (Phi) is 6.04. The van der Waals surface area contributed by atoms with E-state index in [1.165, 1.54) is 5.56 Å². The van der Waals surface area contributed by atoms with Crippen LogP contribution in [0.2, 0.25) is 0 Å². The summed E-state index contributed by atoms with van der Waals surface area (Å²) in [6, 6.07) is 8.40. The lowest BCUT2D eigenvalue weighted by Gasteiger charge is -2.19. The van der Waals surface area contributed by atoms with Crippen molar-refractivity contribution in [3.05, 3.63) is 51.4 Å². The molecule has 160 valence electrons. The van der Waals surface area contributed by atoms with Crippen LogP contribution in [0, 0.1) is 12.8 Å². The molecule has 2 aromatic rings. The fraction of sp³-hybridized carbons (Fsp3) is 0.435. The van der Waals surface area contributed by atoms with Gasteiger partial charge in [0, 0.05) is 5.92 Å². The molecule has 2 atom stereocenters. The van der Waals surface area contributed by atoms with Crippen molar-refractivity contribution in [2.24, 2.45) is 11.7 Å². The number of esters is 1. The Balaban J connectivity index is 1.76. The Morgan fingerprint density at radius 3 is 2.37 bits per heavy atom. The first-order valence-electron chi connectivity index (χ1n) is 10.1. The average molecular weight is 429 g/mol. The third kappa shape index (κ3) is 4.41. The minimum atomic E-state index is -0.633. The first-order chi connectivity index (χ1) is 14.0. The second kappa shape index (κ2) is 8.22. The van der Waals surface area contributed by atoms with E-state index >= 15 is 0 Å². The zero-order valence-electron chi connectivity index (χ0n) is 18.0. The maximum atomic E-state index is 12.8. The van der Waals surface area contributed by atoms with E-state index in [4.69, 9.17) is 10.5 Å². The van der Waals surface area contributed by atoms with E-state index < -0.39 is 11.9 Å². The third-order valence-electron chi connectivity index (χ3n) is 5.42. The molecule has 0 saturated heterocycles. The third-order valence-corrected chi connectivity index (χ3v) is 6.64. The maximum Gasteiger partial charge on any atom is 0.341 e. The molecule has 1 aromatic heterocycles. The zero-order valence-corrected chi connectivity index (χ0v) is 18.8. The lowest BCUT2D eigenvalue weighted by atomic mass is 9.86. The van der Waals surface area contributed by atoms with Crippen LogP contribution in [-0.4, -0.2) is 24.4 Å². The van der Waals surface area contributed by atoms with Crippen molar-refractivity contribution in [1.29, 1.82) is 0 Å². The van der Waals surface area contributed by atoms with Crippen LogP contribution in [0.15, 0.2) is 24.3 Å². The molecule has 30 heavy (non-hydrogen) atoms. The van der Waals surface area contributed by atoms with Crippen molar-refractivity contribution >= 4 is 34.1 Å². The molecule has 0 radical (unpaired) electrons. The molecule has 1 aromatic carbocycles. The zero-order chi connectivity index (χ0) is 22.2. The van der Waals surface area contributed by atoms with E-state index in [-0.39, 0.29) is 40.2 Å². The molecular formula is C23H28N2O4S. The standard InChI is InChI=1S/C23H28N2O4S/c1-6-29-22(28)17-12(2)18(19(24)26)30-21(17)25-20(27)16-11-15(16)13-7-9-14(10-8-13)23(3,4)5/h7-10,15-16H,6,11H2,1-5H3,(H2,24,26)(H,25,27)/t15-,16+/m0/s1. The SMILES string of the molecule is CCOC(=O)c1c(NC(=O)[C@@H]2C[C@H]2c2ccc(C(C)(C)C)cc2)sc(C(N)=O)c1C. The van der Waals surface area contributed by atoms with Crippen molar-refractivity contribution in [2.75, 3.05) is 11.9 Å². The molecule has 1 saturated carbocycles. The molecule has 0 aliphatic heterocycles. The van der Waals surface area contributed by atoms with E-state index in [0.29, 0.717) is 10.6 Å². The molecule has 0 unspecified atom stereocenters. The molecule has 1 heterocycles. The summed E-state index contributed by atoms with van der Waals surface area (Å²) in [7, 11) is 0. The van der Waals surface area contributed by atoms with Crippen molar-refractivity contribution in [3.8, 4) is 0 Å². The van der Waals surface area contributed by atoms with Crippen LogP contribution in [0.1, 0.15) is 76.8 Å². The van der Waals surface area contributed by atoms with Gasteiger partial charge >= 0.3 is 5.97 Å². The van der Waals surface area contributed by atoms with Gasteiger partial charge < -0.3 is 15.8 Å². The van der Waals surface area contributed by atoms with Gasteiger partial charge in [-0.2, -0.15) is 0 Å². The molecule has 3 rings (SSSR count). The highest BCUT2D eigenvalue weighted by atomic mass is 32.1. The summed E-state index contributed by atoms with van der Waals surface area (Å²) in [6.45, 7) is 10.0. The molecule has 7 heteroatoms. The summed E-state index contributed by atoms with van der Waals surface area (Å²) in [6.07, 6.45) is 0.752. The second-order valence-corrected chi connectivity index (χ2v) is 9.68. The monoisotopic (exact) mass is 428 g/mol. The van der Waals surface area contributed by atoms with E-state index in [0.717, 1.165) is 23.3 Å². The Hall–Kier alpha value is -2.67. The van der Waals surface area contributed by atoms with Crippen molar-refractivity contribution in [2.45, 2.75) is 52.4 Å². The second-order valence-electron chi connectivity index (χ2n) is 8.65. The van der Waals surface area contributed by atoms with Gasteiger partial charge in [-0.15, -0.1) is 11.3 Å². The van der Waals surface area contributed by atoms with Crippen LogP contribution in [0.5, 0.6) is 0 Å². The van der Waals surface area contributed by atoms with Gasteiger partial charge in [0.15, 0.2) is 0 Å². The summed E-state index contributed by atoms with van der Waals surface area (Å²) in [5.74, 6) is -1.38. The highest BCUT2D eigenvalue weighted by Crippen LogP contribution is 2.48. The molecule has 1 fully saturated rings. The fourth-order valence-electron chi connectivity index (χ4n) is 3.57. The first kappa shape index (κ1) is 22.0. The van der Waals surface area contributed by atoms with Gasteiger partial charge in [-0.25, -0.2) is 4.79 Å². The predicted molar refractivity (Wildman–Crippen MR) is 118 cm³/mol. The minimum Gasteiger partial charge on any atom is -0.462 e. The lowest BCUT2D eigenvalue weighted by molar-refractivity contribution is -0.117. The lowest BCUT2D eigenvalue weighted by Crippen LogP contribution is -2.17. The number of nitrogens with one attached hydrogen (secondary N) is 1. The van der Waals surface area contributed by atoms with Crippen molar-refractivity contribution < 1.29 is 19.1 Å². The molecule has 0 spiro atoms. The number of ether oxygens (including phenoxy) is 1. The van der Waals surface area contributed by atoms with Gasteiger partial charge in [0.05, 0.1) is 17.0 Å². The number of primary amides is 1. The molecule has 0 bridgehead atoms. The quantitative estimate of drug-likeness (QED) is 0.667. The molecule has 3 N–H and O–H groups in total. The van der Waals surface area contributed by atoms with Crippen LogP contribution < -0.4 is 11.1 Å². The molecule has 1 aliphatic carbocycles. The number of hydrogen-bond acceptors (Lipinski definition) is 5. The number of hydrogen-bond donors (Lipinski definition) is 2. The number of nitrogens with two attached hydrogens (primary N) is 1. The largest absolute Gasteiger partial charge is 0.462 e. The molecular weight excluding hydrogens is 400 g/mol. The summed E-state index contributed by atoms with van der Waals surface area (Å²) < 4.78 is 5.09. The number of thiophene rings is 1. The van der Waals surface area contributed by atoms with Gasteiger partial charge in [-0.05, 0) is 48.3 Å². The molecule has 2 amide bonds. The van der Waals surface area contributed by atoms with Gasteiger partial charge in [-0.1, -0.05) is 45.0 Å². The smallest absolute Gasteiger partial charge is 0.341 e. The van der Waals surface area contributed by atoms with Gasteiger partial charge in [-0.3, -0.25) is 9.59 Å². The summed E-state index contributed by atoms with van der Waals surface area (Å²) in [4.78, 5) is 37.2. The van der Waals surface area contributed by atoms with E-state index in [1.807, 2.05) is 0 Å². The Morgan fingerprint density at radius 2 is 1.83 bits per heavy atom. The average Bonchev–Trinajstić information content (AvgIpc) is 3.39. The van der Waals surface area contributed by atoms with Crippen LogP contribution in [0.4, 0.5) is 5.00 Å². The van der Waals surface area contributed by atoms with E-state index in [1.54, 1.807) is 13.8 Å². The van der Waals surface area contributed by atoms with Crippen LogP contribution in [0.3, 0.4) is 0 Å². The van der Waals surface area contributed by atoms with E-state index in [2.05, 4.69) is 50.4 Å². The predicted octanol–water partition coefficient (Wildman–Crippen LogP) is 4.37. The number of carbonyl (C=O) groups is 3. The fourth-order valence-corrected chi connectivity index (χ4v) is 4.62. The number of anilines is 1. The summed E-state index contributed by atoms with van der Waals surface area (Å²) >= 11 is 1.02.